The summed E-state index contributed by atoms with van der Waals surface area (Å²) in [5, 5.41) is 5.61. The molecule has 0 aliphatic carbocycles. The SMILES string of the molecule is CCCCCCCCNC(=O)OCCCCCCOC(=O)NCCCCCCCC. The zero-order valence-electron chi connectivity index (χ0n) is 19.8. The van der Waals surface area contributed by atoms with Crippen LogP contribution in [0.1, 0.15) is 117 Å². The molecule has 0 atom stereocenters. The van der Waals surface area contributed by atoms with E-state index < -0.39 is 0 Å². The number of hydrogen-bond donors (Lipinski definition) is 2. The first-order chi connectivity index (χ1) is 14.7. The first-order valence-corrected chi connectivity index (χ1v) is 12.5. The van der Waals surface area contributed by atoms with Crippen molar-refractivity contribution in [3.63, 3.8) is 0 Å². The maximum absolute atomic E-state index is 11.6. The lowest BCUT2D eigenvalue weighted by molar-refractivity contribution is 0.138. The van der Waals surface area contributed by atoms with Gasteiger partial charge in [-0.2, -0.15) is 0 Å². The van der Waals surface area contributed by atoms with E-state index in [-0.39, 0.29) is 12.2 Å². The van der Waals surface area contributed by atoms with E-state index in [1.807, 2.05) is 0 Å². The Hall–Kier alpha value is -1.46. The lowest BCUT2D eigenvalue weighted by Gasteiger charge is -2.08. The topological polar surface area (TPSA) is 76.7 Å². The number of alkyl carbamates (subject to hydrolysis) is 2. The summed E-state index contributed by atoms with van der Waals surface area (Å²) in [6.45, 7) is 6.71. The number of rotatable bonds is 21. The molecule has 0 unspecified atom stereocenters. The molecule has 0 bridgehead atoms. The summed E-state index contributed by atoms with van der Waals surface area (Å²) in [6, 6.07) is 0. The lowest BCUT2D eigenvalue weighted by atomic mass is 10.1. The molecule has 2 N–H and O–H groups in total. The lowest BCUT2D eigenvalue weighted by Crippen LogP contribution is -2.25. The standard InChI is InChI=1S/C24H48N2O4/c1-3-5-7-9-11-15-19-25-23(27)29-21-17-13-14-18-22-30-24(28)26-20-16-12-10-8-6-4-2/h3-22H2,1-2H3,(H,25,27)(H,26,28). The molecule has 0 aromatic carbocycles. The van der Waals surface area contributed by atoms with Gasteiger partial charge in [-0.25, -0.2) is 9.59 Å². The van der Waals surface area contributed by atoms with Crippen LogP contribution < -0.4 is 10.6 Å². The Morgan fingerprint density at radius 3 is 1.23 bits per heavy atom. The van der Waals surface area contributed by atoms with Crippen molar-refractivity contribution in [2.45, 2.75) is 117 Å². The smallest absolute Gasteiger partial charge is 0.407 e. The van der Waals surface area contributed by atoms with Gasteiger partial charge < -0.3 is 20.1 Å². The van der Waals surface area contributed by atoms with Gasteiger partial charge in [-0.15, -0.1) is 0 Å². The zero-order valence-corrected chi connectivity index (χ0v) is 19.8. The summed E-state index contributed by atoms with van der Waals surface area (Å²) in [6.07, 6.45) is 17.5. The van der Waals surface area contributed by atoms with Crippen LogP contribution in [0.15, 0.2) is 0 Å². The van der Waals surface area contributed by atoms with Gasteiger partial charge in [0.15, 0.2) is 0 Å². The van der Waals surface area contributed by atoms with Crippen molar-refractivity contribution in [3.8, 4) is 0 Å². The van der Waals surface area contributed by atoms with E-state index in [1.54, 1.807) is 0 Å². The van der Waals surface area contributed by atoms with Gasteiger partial charge >= 0.3 is 12.2 Å². The molecule has 0 aliphatic heterocycles. The van der Waals surface area contributed by atoms with Crippen molar-refractivity contribution < 1.29 is 19.1 Å². The summed E-state index contributed by atoms with van der Waals surface area (Å²) in [7, 11) is 0. The number of carbonyl (C=O) groups excluding carboxylic acids is 2. The van der Waals surface area contributed by atoms with E-state index in [1.165, 1.54) is 64.2 Å². The first-order valence-electron chi connectivity index (χ1n) is 12.5. The fraction of sp³-hybridized carbons (Fsp3) is 0.917. The number of unbranched alkanes of at least 4 members (excludes halogenated alkanes) is 13. The minimum Gasteiger partial charge on any atom is -0.450 e. The molecule has 0 saturated heterocycles. The Bertz CT molecular complexity index is 355. The Balaban J connectivity index is 3.25. The van der Waals surface area contributed by atoms with Gasteiger partial charge in [-0.3, -0.25) is 0 Å². The Morgan fingerprint density at radius 1 is 0.500 bits per heavy atom. The second-order valence-electron chi connectivity index (χ2n) is 8.08. The third-order valence-corrected chi connectivity index (χ3v) is 5.10. The highest BCUT2D eigenvalue weighted by atomic mass is 16.6. The molecule has 178 valence electrons. The maximum atomic E-state index is 11.6. The molecule has 0 saturated carbocycles. The molecule has 0 rings (SSSR count). The molecule has 0 aromatic rings. The van der Waals surface area contributed by atoms with Crippen LogP contribution in [0.5, 0.6) is 0 Å². The summed E-state index contributed by atoms with van der Waals surface area (Å²) in [5.74, 6) is 0. The highest BCUT2D eigenvalue weighted by Crippen LogP contribution is 2.05. The van der Waals surface area contributed by atoms with E-state index in [0.717, 1.165) is 38.5 Å². The number of nitrogens with one attached hydrogen (secondary N) is 2. The molecule has 0 aromatic heterocycles. The molecule has 0 fully saturated rings. The van der Waals surface area contributed by atoms with Gasteiger partial charge in [-0.05, 0) is 38.5 Å². The fourth-order valence-electron chi connectivity index (χ4n) is 3.18. The summed E-state index contributed by atoms with van der Waals surface area (Å²) < 4.78 is 10.3. The highest BCUT2D eigenvalue weighted by molar-refractivity contribution is 5.67. The molecule has 6 heteroatoms. The molecule has 30 heavy (non-hydrogen) atoms. The third-order valence-electron chi connectivity index (χ3n) is 5.10. The van der Waals surface area contributed by atoms with Crippen LogP contribution in [0.25, 0.3) is 0 Å². The van der Waals surface area contributed by atoms with Crippen LogP contribution in [-0.2, 0) is 9.47 Å². The van der Waals surface area contributed by atoms with Crippen molar-refractivity contribution in [2.75, 3.05) is 26.3 Å². The van der Waals surface area contributed by atoms with Crippen molar-refractivity contribution >= 4 is 12.2 Å². The molecule has 0 radical (unpaired) electrons. The highest BCUT2D eigenvalue weighted by Gasteiger charge is 2.02. The van der Waals surface area contributed by atoms with Gasteiger partial charge in [0.05, 0.1) is 13.2 Å². The van der Waals surface area contributed by atoms with E-state index in [2.05, 4.69) is 24.5 Å². The van der Waals surface area contributed by atoms with Gasteiger partial charge in [0.2, 0.25) is 0 Å². The summed E-state index contributed by atoms with van der Waals surface area (Å²) in [5.41, 5.74) is 0. The number of amides is 2. The third kappa shape index (κ3) is 22.8. The first kappa shape index (κ1) is 28.5. The average molecular weight is 429 g/mol. The quantitative estimate of drug-likeness (QED) is 0.199. The van der Waals surface area contributed by atoms with Crippen molar-refractivity contribution in [1.82, 2.24) is 10.6 Å². The predicted octanol–water partition coefficient (Wildman–Crippen LogP) is 6.72. The normalized spacial score (nSPS) is 10.6. The minimum atomic E-state index is -0.311. The predicted molar refractivity (Wildman–Crippen MR) is 124 cm³/mol. The molecule has 2 amide bonds. The monoisotopic (exact) mass is 428 g/mol. The Kier molecular flexibility index (Phi) is 22.7. The number of hydrogen-bond acceptors (Lipinski definition) is 4. The second-order valence-corrected chi connectivity index (χ2v) is 8.08. The molecule has 0 aliphatic rings. The van der Waals surface area contributed by atoms with Crippen LogP contribution in [0, 0.1) is 0 Å². The summed E-state index contributed by atoms with van der Waals surface area (Å²) >= 11 is 0. The minimum absolute atomic E-state index is 0.311. The van der Waals surface area contributed by atoms with Gasteiger partial charge in [0.1, 0.15) is 0 Å². The molecule has 0 heterocycles. The molecule has 0 spiro atoms. The average Bonchev–Trinajstić information content (AvgIpc) is 2.74. The molecular formula is C24H48N2O4. The second kappa shape index (κ2) is 23.8. The summed E-state index contributed by atoms with van der Waals surface area (Å²) in [4.78, 5) is 23.1. The van der Waals surface area contributed by atoms with E-state index >= 15 is 0 Å². The number of carbonyl (C=O) groups is 2. The van der Waals surface area contributed by atoms with Gasteiger partial charge in [-0.1, -0.05) is 78.1 Å². The molecule has 6 nitrogen and oxygen atoms in total. The zero-order chi connectivity index (χ0) is 22.1. The Labute approximate surface area is 185 Å². The van der Waals surface area contributed by atoms with Crippen LogP contribution in [0.4, 0.5) is 9.59 Å². The van der Waals surface area contributed by atoms with Crippen LogP contribution >= 0.6 is 0 Å². The largest absolute Gasteiger partial charge is 0.450 e. The van der Waals surface area contributed by atoms with E-state index in [4.69, 9.17) is 9.47 Å². The Morgan fingerprint density at radius 2 is 0.833 bits per heavy atom. The number of ether oxygens (including phenoxy) is 2. The van der Waals surface area contributed by atoms with Crippen molar-refractivity contribution in [1.29, 1.82) is 0 Å². The van der Waals surface area contributed by atoms with Crippen molar-refractivity contribution in [2.24, 2.45) is 0 Å². The van der Waals surface area contributed by atoms with E-state index in [0.29, 0.717) is 26.3 Å². The van der Waals surface area contributed by atoms with E-state index in [9.17, 15) is 9.59 Å². The van der Waals surface area contributed by atoms with Crippen molar-refractivity contribution in [3.05, 3.63) is 0 Å². The maximum Gasteiger partial charge on any atom is 0.407 e. The van der Waals surface area contributed by atoms with Gasteiger partial charge in [0, 0.05) is 13.1 Å². The van der Waals surface area contributed by atoms with Crippen LogP contribution in [0.3, 0.4) is 0 Å². The fourth-order valence-corrected chi connectivity index (χ4v) is 3.18. The van der Waals surface area contributed by atoms with Crippen LogP contribution in [0.2, 0.25) is 0 Å². The van der Waals surface area contributed by atoms with Crippen LogP contribution in [-0.4, -0.2) is 38.5 Å². The van der Waals surface area contributed by atoms with Gasteiger partial charge in [0.25, 0.3) is 0 Å². The molecular weight excluding hydrogens is 380 g/mol.